The molecule has 0 heterocycles. The van der Waals surface area contributed by atoms with Crippen LogP contribution in [0.25, 0.3) is 0 Å². The molecule has 0 amide bonds. The number of aliphatic hydroxyl groups is 1. The third-order valence-corrected chi connectivity index (χ3v) is 3.37. The molecule has 0 aromatic heterocycles. The van der Waals surface area contributed by atoms with Crippen molar-refractivity contribution in [2.45, 2.75) is 50.7 Å². The fraction of sp³-hybridized carbons (Fsp3) is 1.00. The highest BCUT2D eigenvalue weighted by atomic mass is 16.5. The van der Waals surface area contributed by atoms with Gasteiger partial charge in [-0.1, -0.05) is 6.92 Å². The van der Waals surface area contributed by atoms with Crippen LogP contribution in [0.3, 0.4) is 0 Å². The molecule has 0 atom stereocenters. The van der Waals surface area contributed by atoms with Gasteiger partial charge >= 0.3 is 0 Å². The van der Waals surface area contributed by atoms with Gasteiger partial charge in [-0.15, -0.1) is 0 Å². The van der Waals surface area contributed by atoms with Gasteiger partial charge in [0, 0.05) is 19.3 Å². The molecule has 0 aromatic carbocycles. The summed E-state index contributed by atoms with van der Waals surface area (Å²) in [5.74, 6) is 0. The number of methoxy groups -OCH3 is 1. The summed E-state index contributed by atoms with van der Waals surface area (Å²) in [7, 11) is 1.79. The molecule has 3 nitrogen and oxygen atoms in total. The van der Waals surface area contributed by atoms with E-state index >= 15 is 0 Å². The lowest BCUT2D eigenvalue weighted by atomic mass is 9.78. The normalized spacial score (nSPS) is 33.2. The summed E-state index contributed by atoms with van der Waals surface area (Å²) in [6.07, 6.45) is 5.78. The van der Waals surface area contributed by atoms with Crippen LogP contribution in [0.15, 0.2) is 0 Å². The lowest BCUT2D eigenvalue weighted by molar-refractivity contribution is 0.0348. The first-order chi connectivity index (χ1) is 6.76. The molecule has 1 rings (SSSR count). The standard InChI is InChI=1S/C11H23NO2/c1-3-12-11(8-9-13)6-4-10(14-2)5-7-11/h10,12-13H,3-9H2,1-2H3. The molecular weight excluding hydrogens is 178 g/mol. The summed E-state index contributed by atoms with van der Waals surface area (Å²) in [4.78, 5) is 0. The summed E-state index contributed by atoms with van der Waals surface area (Å²) >= 11 is 0. The van der Waals surface area contributed by atoms with Crippen LogP contribution in [0.2, 0.25) is 0 Å². The highest BCUT2D eigenvalue weighted by molar-refractivity contribution is 4.92. The number of hydrogen-bond acceptors (Lipinski definition) is 3. The van der Waals surface area contributed by atoms with E-state index in [1.807, 2.05) is 0 Å². The molecule has 0 aromatic rings. The fourth-order valence-electron chi connectivity index (χ4n) is 2.48. The van der Waals surface area contributed by atoms with Gasteiger partial charge in [0.2, 0.25) is 0 Å². The van der Waals surface area contributed by atoms with Gasteiger partial charge in [0.1, 0.15) is 0 Å². The molecule has 14 heavy (non-hydrogen) atoms. The molecule has 1 aliphatic carbocycles. The molecule has 2 N–H and O–H groups in total. The Morgan fingerprint density at radius 3 is 2.50 bits per heavy atom. The van der Waals surface area contributed by atoms with Crippen LogP contribution >= 0.6 is 0 Å². The second kappa shape index (κ2) is 5.69. The predicted octanol–water partition coefficient (Wildman–Crippen LogP) is 1.31. The SMILES string of the molecule is CCNC1(CCO)CCC(OC)CC1. The molecule has 84 valence electrons. The number of ether oxygens (including phenoxy) is 1. The second-order valence-corrected chi connectivity index (χ2v) is 4.22. The van der Waals surface area contributed by atoms with Crippen molar-refractivity contribution in [1.29, 1.82) is 0 Å². The quantitative estimate of drug-likeness (QED) is 0.704. The number of aliphatic hydroxyl groups excluding tert-OH is 1. The second-order valence-electron chi connectivity index (χ2n) is 4.22. The van der Waals surface area contributed by atoms with Crippen molar-refractivity contribution in [1.82, 2.24) is 5.32 Å². The maximum absolute atomic E-state index is 9.06. The highest BCUT2D eigenvalue weighted by Crippen LogP contribution is 2.32. The van der Waals surface area contributed by atoms with Gasteiger partial charge in [0.15, 0.2) is 0 Å². The predicted molar refractivity (Wildman–Crippen MR) is 57.4 cm³/mol. The van der Waals surface area contributed by atoms with E-state index < -0.39 is 0 Å². The Labute approximate surface area is 86.8 Å². The lowest BCUT2D eigenvalue weighted by Gasteiger charge is -2.40. The Balaban J connectivity index is 2.45. The zero-order valence-electron chi connectivity index (χ0n) is 9.38. The van der Waals surface area contributed by atoms with E-state index in [4.69, 9.17) is 9.84 Å². The van der Waals surface area contributed by atoms with Gasteiger partial charge in [0.25, 0.3) is 0 Å². The molecule has 1 fully saturated rings. The summed E-state index contributed by atoms with van der Waals surface area (Å²) < 4.78 is 5.35. The van der Waals surface area contributed by atoms with Gasteiger partial charge in [0.05, 0.1) is 6.10 Å². The molecule has 0 spiro atoms. The van der Waals surface area contributed by atoms with Gasteiger partial charge < -0.3 is 15.2 Å². The fourth-order valence-corrected chi connectivity index (χ4v) is 2.48. The van der Waals surface area contributed by atoms with E-state index in [0.717, 1.165) is 38.6 Å². The summed E-state index contributed by atoms with van der Waals surface area (Å²) in [5, 5.41) is 12.6. The lowest BCUT2D eigenvalue weighted by Crippen LogP contribution is -2.49. The van der Waals surface area contributed by atoms with E-state index in [2.05, 4.69) is 12.2 Å². The summed E-state index contributed by atoms with van der Waals surface area (Å²) in [5.41, 5.74) is 0.179. The monoisotopic (exact) mass is 201 g/mol. The van der Waals surface area contributed by atoms with Crippen molar-refractivity contribution in [3.63, 3.8) is 0 Å². The maximum Gasteiger partial charge on any atom is 0.0572 e. The van der Waals surface area contributed by atoms with E-state index in [9.17, 15) is 0 Å². The number of nitrogens with one attached hydrogen (secondary N) is 1. The molecule has 3 heteroatoms. The minimum atomic E-state index is 0.179. The molecule has 1 saturated carbocycles. The van der Waals surface area contributed by atoms with Crippen LogP contribution in [-0.4, -0.2) is 37.0 Å². The van der Waals surface area contributed by atoms with Crippen molar-refractivity contribution in [3.8, 4) is 0 Å². The first kappa shape index (κ1) is 12.0. The van der Waals surface area contributed by atoms with Crippen molar-refractivity contribution >= 4 is 0 Å². The van der Waals surface area contributed by atoms with Crippen LogP contribution in [-0.2, 0) is 4.74 Å². The van der Waals surface area contributed by atoms with E-state index in [-0.39, 0.29) is 12.1 Å². The summed E-state index contributed by atoms with van der Waals surface area (Å²) in [6.45, 7) is 3.39. The Kier molecular flexibility index (Phi) is 4.85. The third-order valence-electron chi connectivity index (χ3n) is 3.37. The maximum atomic E-state index is 9.06. The van der Waals surface area contributed by atoms with E-state index in [1.54, 1.807) is 7.11 Å². The largest absolute Gasteiger partial charge is 0.396 e. The van der Waals surface area contributed by atoms with Gasteiger partial charge in [-0.05, 0) is 38.6 Å². The molecule has 0 unspecified atom stereocenters. The van der Waals surface area contributed by atoms with Crippen molar-refractivity contribution in [3.05, 3.63) is 0 Å². The first-order valence-corrected chi connectivity index (χ1v) is 5.65. The van der Waals surface area contributed by atoms with Crippen molar-refractivity contribution in [2.75, 3.05) is 20.3 Å². The van der Waals surface area contributed by atoms with Crippen LogP contribution in [0.4, 0.5) is 0 Å². The Morgan fingerprint density at radius 2 is 2.07 bits per heavy atom. The molecule has 1 aliphatic rings. The van der Waals surface area contributed by atoms with Crippen molar-refractivity contribution < 1.29 is 9.84 Å². The zero-order chi connectivity index (χ0) is 10.4. The molecule has 0 saturated heterocycles. The van der Waals surface area contributed by atoms with Gasteiger partial charge in [-0.25, -0.2) is 0 Å². The Morgan fingerprint density at radius 1 is 1.43 bits per heavy atom. The average Bonchev–Trinajstić information content (AvgIpc) is 2.20. The smallest absolute Gasteiger partial charge is 0.0572 e. The van der Waals surface area contributed by atoms with E-state index in [1.165, 1.54) is 0 Å². The average molecular weight is 201 g/mol. The third kappa shape index (κ3) is 2.94. The molecule has 0 radical (unpaired) electrons. The van der Waals surface area contributed by atoms with Gasteiger partial charge in [-0.3, -0.25) is 0 Å². The first-order valence-electron chi connectivity index (χ1n) is 5.65. The van der Waals surface area contributed by atoms with Crippen LogP contribution in [0.5, 0.6) is 0 Å². The van der Waals surface area contributed by atoms with Crippen LogP contribution in [0.1, 0.15) is 39.0 Å². The highest BCUT2D eigenvalue weighted by Gasteiger charge is 2.33. The van der Waals surface area contributed by atoms with E-state index in [0.29, 0.717) is 6.10 Å². The minimum Gasteiger partial charge on any atom is -0.396 e. The number of hydrogen-bond donors (Lipinski definition) is 2. The minimum absolute atomic E-state index is 0.179. The van der Waals surface area contributed by atoms with Crippen LogP contribution < -0.4 is 5.32 Å². The Hall–Kier alpha value is -0.120. The molecule has 0 bridgehead atoms. The van der Waals surface area contributed by atoms with Gasteiger partial charge in [-0.2, -0.15) is 0 Å². The van der Waals surface area contributed by atoms with Crippen molar-refractivity contribution in [2.24, 2.45) is 0 Å². The zero-order valence-corrected chi connectivity index (χ0v) is 9.38. The molecular formula is C11H23NO2. The Bertz CT molecular complexity index is 145. The molecule has 0 aliphatic heterocycles. The topological polar surface area (TPSA) is 41.5 Å². The van der Waals surface area contributed by atoms with Crippen LogP contribution in [0, 0.1) is 0 Å². The number of rotatable bonds is 5. The summed E-state index contributed by atoms with van der Waals surface area (Å²) in [6, 6.07) is 0.